The summed E-state index contributed by atoms with van der Waals surface area (Å²) in [6.07, 6.45) is -0.307. The number of amides is 1. The van der Waals surface area contributed by atoms with E-state index in [4.69, 9.17) is 9.90 Å². The molecule has 3 heterocycles. The summed E-state index contributed by atoms with van der Waals surface area (Å²) in [7, 11) is 0. The Hall–Kier alpha value is -3.17. The second-order valence-electron chi connectivity index (χ2n) is 7.49. The lowest BCUT2D eigenvalue weighted by atomic mass is 9.88. The normalized spacial score (nSPS) is 20.5. The zero-order valence-corrected chi connectivity index (χ0v) is 16.4. The van der Waals surface area contributed by atoms with Crippen LogP contribution in [0.25, 0.3) is 0 Å². The molecule has 2 atom stereocenters. The molecule has 2 aliphatic heterocycles. The summed E-state index contributed by atoms with van der Waals surface area (Å²) in [5.41, 5.74) is 1.72. The minimum absolute atomic E-state index is 0.0114. The molecule has 2 fully saturated rings. The van der Waals surface area contributed by atoms with E-state index in [0.717, 1.165) is 38.3 Å². The molecule has 6 nitrogen and oxygen atoms in total. The molecule has 0 spiro atoms. The number of rotatable bonds is 2. The topological polar surface area (TPSA) is 73.7 Å². The predicted octanol–water partition coefficient (Wildman–Crippen LogP) is 3.45. The van der Waals surface area contributed by atoms with E-state index < -0.39 is 12.1 Å². The lowest BCUT2D eigenvalue weighted by Crippen LogP contribution is -2.40. The van der Waals surface area contributed by atoms with Crippen LogP contribution in [0.4, 0.5) is 23.2 Å². The summed E-state index contributed by atoms with van der Waals surface area (Å²) < 4.78 is 44.8. The molecular weight excluding hydrogens is 418 g/mol. The summed E-state index contributed by atoms with van der Waals surface area (Å²) >= 11 is 0. The fourth-order valence-electron chi connectivity index (χ4n) is 3.88. The van der Waals surface area contributed by atoms with Crippen molar-refractivity contribution < 1.29 is 32.3 Å². The van der Waals surface area contributed by atoms with Crippen LogP contribution in [0, 0.1) is 17.7 Å². The first-order chi connectivity index (χ1) is 14.6. The molecule has 166 valence electrons. The first kappa shape index (κ1) is 22.5. The third kappa shape index (κ3) is 5.71. The summed E-state index contributed by atoms with van der Waals surface area (Å²) in [5, 5.41) is 7.12. The molecule has 2 saturated heterocycles. The van der Waals surface area contributed by atoms with Gasteiger partial charge in [0.05, 0.1) is 11.9 Å². The van der Waals surface area contributed by atoms with Gasteiger partial charge in [0.2, 0.25) is 0 Å². The lowest BCUT2D eigenvalue weighted by molar-refractivity contribution is -0.192. The molecular formula is C21H21F4N3O3. The lowest BCUT2D eigenvalue weighted by Gasteiger charge is -2.35. The van der Waals surface area contributed by atoms with Gasteiger partial charge in [0, 0.05) is 37.9 Å². The molecule has 1 N–H and O–H groups in total. The third-order valence-corrected chi connectivity index (χ3v) is 5.43. The van der Waals surface area contributed by atoms with Crippen LogP contribution >= 0.6 is 0 Å². The van der Waals surface area contributed by atoms with Crippen LogP contribution in [-0.2, 0) is 4.79 Å². The van der Waals surface area contributed by atoms with Gasteiger partial charge in [0.15, 0.2) is 0 Å². The zero-order valence-electron chi connectivity index (χ0n) is 16.4. The highest BCUT2D eigenvalue weighted by atomic mass is 19.4. The predicted molar refractivity (Wildman–Crippen MR) is 104 cm³/mol. The van der Waals surface area contributed by atoms with Crippen molar-refractivity contribution in [3.63, 3.8) is 0 Å². The van der Waals surface area contributed by atoms with Crippen molar-refractivity contribution in [3.8, 4) is 0 Å². The van der Waals surface area contributed by atoms with Crippen LogP contribution in [0.2, 0.25) is 0 Å². The molecule has 1 aromatic heterocycles. The van der Waals surface area contributed by atoms with Crippen molar-refractivity contribution >= 4 is 17.6 Å². The maximum absolute atomic E-state index is 13.0. The van der Waals surface area contributed by atoms with Crippen LogP contribution in [0.1, 0.15) is 16.8 Å². The Balaban J connectivity index is 0.000000339. The van der Waals surface area contributed by atoms with Gasteiger partial charge in [0.25, 0.3) is 5.91 Å². The number of anilines is 1. The number of alkyl halides is 3. The Labute approximate surface area is 176 Å². The van der Waals surface area contributed by atoms with Gasteiger partial charge in [-0.25, -0.2) is 9.18 Å². The Morgan fingerprint density at radius 3 is 2.26 bits per heavy atom. The van der Waals surface area contributed by atoms with Crippen molar-refractivity contribution in [1.82, 2.24) is 9.88 Å². The summed E-state index contributed by atoms with van der Waals surface area (Å²) in [6.45, 7) is 3.55. The van der Waals surface area contributed by atoms with Gasteiger partial charge in [-0.05, 0) is 54.7 Å². The monoisotopic (exact) mass is 439 g/mol. The van der Waals surface area contributed by atoms with Gasteiger partial charge in [0.1, 0.15) is 5.82 Å². The van der Waals surface area contributed by atoms with Crippen LogP contribution in [0.15, 0.2) is 48.8 Å². The van der Waals surface area contributed by atoms with Gasteiger partial charge in [-0.3, -0.25) is 9.78 Å². The van der Waals surface area contributed by atoms with Gasteiger partial charge >= 0.3 is 12.1 Å². The second-order valence-corrected chi connectivity index (χ2v) is 7.49. The molecule has 0 unspecified atom stereocenters. The molecule has 0 radical (unpaired) electrons. The van der Waals surface area contributed by atoms with E-state index in [1.54, 1.807) is 18.3 Å². The highest BCUT2D eigenvalue weighted by molar-refractivity contribution is 5.94. The maximum Gasteiger partial charge on any atom is 0.490 e. The Kier molecular flexibility index (Phi) is 6.77. The molecule has 0 saturated carbocycles. The van der Waals surface area contributed by atoms with E-state index in [1.807, 2.05) is 17.2 Å². The van der Waals surface area contributed by atoms with Crippen molar-refractivity contribution in [3.05, 3.63) is 60.2 Å². The van der Waals surface area contributed by atoms with Crippen LogP contribution in [0.5, 0.6) is 0 Å². The number of nitrogens with zero attached hydrogens (tertiary/aromatic N) is 3. The minimum Gasteiger partial charge on any atom is -0.475 e. The molecule has 0 bridgehead atoms. The Morgan fingerprint density at radius 2 is 1.68 bits per heavy atom. The minimum atomic E-state index is -5.08. The van der Waals surface area contributed by atoms with Gasteiger partial charge < -0.3 is 14.9 Å². The number of carboxylic acids is 1. The molecule has 1 aromatic carbocycles. The number of carboxylic acid groups (broad SMARTS) is 1. The second kappa shape index (κ2) is 9.32. The third-order valence-electron chi connectivity index (χ3n) is 5.43. The number of aromatic nitrogens is 1. The highest BCUT2D eigenvalue weighted by Crippen LogP contribution is 2.33. The van der Waals surface area contributed by atoms with E-state index in [2.05, 4.69) is 16.0 Å². The quantitative estimate of drug-likeness (QED) is 0.726. The largest absolute Gasteiger partial charge is 0.490 e. The fraction of sp³-hybridized carbons (Fsp3) is 0.381. The van der Waals surface area contributed by atoms with Crippen LogP contribution in [-0.4, -0.2) is 59.2 Å². The number of aliphatic carboxylic acids is 1. The number of carbonyl (C=O) groups excluding carboxylic acids is 1. The Morgan fingerprint density at radius 1 is 1.03 bits per heavy atom. The van der Waals surface area contributed by atoms with Crippen LogP contribution < -0.4 is 4.90 Å². The number of benzene rings is 1. The van der Waals surface area contributed by atoms with Gasteiger partial charge in [-0.15, -0.1) is 0 Å². The van der Waals surface area contributed by atoms with Crippen LogP contribution in [0.3, 0.4) is 0 Å². The number of hydrogen-bond acceptors (Lipinski definition) is 4. The molecule has 4 rings (SSSR count). The maximum atomic E-state index is 13.0. The fourth-order valence-corrected chi connectivity index (χ4v) is 3.88. The molecule has 0 aliphatic carbocycles. The highest BCUT2D eigenvalue weighted by Gasteiger charge is 2.39. The van der Waals surface area contributed by atoms with Gasteiger partial charge in [-0.2, -0.15) is 13.2 Å². The number of carbonyl (C=O) groups is 2. The summed E-state index contributed by atoms with van der Waals surface area (Å²) in [6, 6.07) is 9.88. The van der Waals surface area contributed by atoms with E-state index >= 15 is 0 Å². The number of likely N-dealkylation sites (tertiary alicyclic amines) is 1. The number of hydrogen-bond donors (Lipinski definition) is 1. The average molecular weight is 439 g/mol. The molecule has 31 heavy (non-hydrogen) atoms. The molecule has 2 aliphatic rings. The first-order valence-corrected chi connectivity index (χ1v) is 9.65. The SMILES string of the molecule is O=C(O)C(F)(F)F.O=C(c1ccc(F)cc1)N1C[C@@H]2CCN(c3cccnc3)C[C@@H]2C1. The zero-order chi connectivity index (χ0) is 22.6. The van der Waals surface area contributed by atoms with E-state index in [0.29, 0.717) is 17.4 Å². The summed E-state index contributed by atoms with van der Waals surface area (Å²) in [5.74, 6) is -2.01. The van der Waals surface area contributed by atoms with Crippen molar-refractivity contribution in [2.45, 2.75) is 12.6 Å². The number of piperidine rings is 1. The Bertz CT molecular complexity index is 906. The van der Waals surface area contributed by atoms with Crippen molar-refractivity contribution in [1.29, 1.82) is 0 Å². The average Bonchev–Trinajstić information content (AvgIpc) is 3.17. The standard InChI is InChI=1S/C19H20FN3O.C2HF3O2/c20-17-5-3-14(4-6-17)19(24)23-11-15-7-9-22(12-16(15)13-23)18-2-1-8-21-10-18;3-2(4,5)1(6)7/h1-6,8,10,15-16H,7,9,11-13H2;(H,6,7)/t15-,16+;/m0./s1. The number of halogens is 4. The smallest absolute Gasteiger partial charge is 0.475 e. The van der Waals surface area contributed by atoms with Gasteiger partial charge in [-0.1, -0.05) is 0 Å². The molecule has 2 aromatic rings. The van der Waals surface area contributed by atoms with Crippen molar-refractivity contribution in [2.75, 3.05) is 31.1 Å². The van der Waals surface area contributed by atoms with E-state index in [1.165, 1.54) is 12.1 Å². The molecule has 1 amide bonds. The van der Waals surface area contributed by atoms with Crippen molar-refractivity contribution in [2.24, 2.45) is 11.8 Å². The number of pyridine rings is 1. The number of fused-ring (bicyclic) bond motifs is 1. The first-order valence-electron chi connectivity index (χ1n) is 9.65. The van der Waals surface area contributed by atoms with E-state index in [9.17, 15) is 22.4 Å². The molecule has 10 heteroatoms. The van der Waals surface area contributed by atoms with E-state index in [-0.39, 0.29) is 11.7 Å². The summed E-state index contributed by atoms with van der Waals surface area (Å²) in [4.78, 5) is 30.0.